The number of amides is 1. The first-order chi connectivity index (χ1) is 13.6. The van der Waals surface area contributed by atoms with Crippen LogP contribution in [0, 0.1) is 11.3 Å². The summed E-state index contributed by atoms with van der Waals surface area (Å²) in [6.07, 6.45) is 0. The maximum absolute atomic E-state index is 12.8. The van der Waals surface area contributed by atoms with Gasteiger partial charge >= 0.3 is 0 Å². The summed E-state index contributed by atoms with van der Waals surface area (Å²) in [4.78, 5) is 13.8. The molecule has 0 aliphatic heterocycles. The van der Waals surface area contributed by atoms with E-state index in [1.54, 1.807) is 23.9 Å². The minimum absolute atomic E-state index is 0.115. The molecule has 0 aromatic heterocycles. The second kappa shape index (κ2) is 9.45. The van der Waals surface area contributed by atoms with Crippen molar-refractivity contribution < 1.29 is 4.79 Å². The predicted molar refractivity (Wildman–Crippen MR) is 114 cm³/mol. The summed E-state index contributed by atoms with van der Waals surface area (Å²) in [5, 5.41) is 12.6. The molecule has 0 saturated carbocycles. The Morgan fingerprint density at radius 3 is 2.57 bits per heavy atom. The molecule has 3 rings (SSSR count). The molecule has 0 bridgehead atoms. The van der Waals surface area contributed by atoms with Gasteiger partial charge in [-0.25, -0.2) is 0 Å². The molecule has 0 spiro atoms. The van der Waals surface area contributed by atoms with Crippen LogP contribution in [0.4, 0.5) is 0 Å². The third kappa shape index (κ3) is 5.16. The maximum atomic E-state index is 12.8. The molecule has 3 aromatic carbocycles. The van der Waals surface area contributed by atoms with Crippen molar-refractivity contribution in [3.8, 4) is 6.07 Å². The fraction of sp³-hybridized carbons (Fsp3) is 0.130. The normalized spacial score (nSPS) is 11.5. The molecule has 28 heavy (non-hydrogen) atoms. The number of carbonyl (C=O) groups excluding carboxylic acids is 1. The molecule has 1 unspecified atom stereocenters. The van der Waals surface area contributed by atoms with Gasteiger partial charge in [-0.1, -0.05) is 48.0 Å². The van der Waals surface area contributed by atoms with E-state index in [2.05, 4.69) is 11.4 Å². The second-order valence-electron chi connectivity index (χ2n) is 6.34. The van der Waals surface area contributed by atoms with Crippen molar-refractivity contribution in [1.82, 2.24) is 5.32 Å². The number of thioether (sulfide) groups is 1. The number of halogens is 1. The van der Waals surface area contributed by atoms with E-state index in [-0.39, 0.29) is 11.9 Å². The summed E-state index contributed by atoms with van der Waals surface area (Å²) in [5.74, 6) is 0.607. The zero-order valence-electron chi connectivity index (χ0n) is 15.4. The highest BCUT2D eigenvalue weighted by molar-refractivity contribution is 7.98. The summed E-state index contributed by atoms with van der Waals surface area (Å²) >= 11 is 7.65. The molecule has 0 heterocycles. The molecule has 1 atom stereocenters. The van der Waals surface area contributed by atoms with Crippen molar-refractivity contribution in [1.29, 1.82) is 5.26 Å². The monoisotopic (exact) mass is 406 g/mol. The number of benzene rings is 3. The molecule has 0 aliphatic rings. The molecule has 1 N–H and O–H groups in total. The van der Waals surface area contributed by atoms with Crippen LogP contribution in [-0.2, 0) is 5.75 Å². The molecule has 5 heteroatoms. The molecule has 3 nitrogen and oxygen atoms in total. The van der Waals surface area contributed by atoms with Gasteiger partial charge in [-0.2, -0.15) is 5.26 Å². The summed E-state index contributed by atoms with van der Waals surface area (Å²) in [6, 6.07) is 24.5. The van der Waals surface area contributed by atoms with E-state index in [9.17, 15) is 4.79 Å². The van der Waals surface area contributed by atoms with Gasteiger partial charge in [0.15, 0.2) is 0 Å². The third-order valence-corrected chi connectivity index (χ3v) is 5.69. The lowest BCUT2D eigenvalue weighted by Gasteiger charge is -2.16. The van der Waals surface area contributed by atoms with E-state index in [1.807, 2.05) is 67.6 Å². The van der Waals surface area contributed by atoms with E-state index < -0.39 is 0 Å². The van der Waals surface area contributed by atoms with Crippen LogP contribution in [0.3, 0.4) is 0 Å². The Morgan fingerprint density at radius 1 is 1.11 bits per heavy atom. The van der Waals surface area contributed by atoms with E-state index in [0.717, 1.165) is 21.8 Å². The maximum Gasteiger partial charge on any atom is 0.252 e. The summed E-state index contributed by atoms with van der Waals surface area (Å²) in [5.41, 5.74) is 3.36. The molecule has 0 aliphatic carbocycles. The fourth-order valence-corrected chi connectivity index (χ4v) is 3.95. The van der Waals surface area contributed by atoms with Gasteiger partial charge in [0.1, 0.15) is 0 Å². The Hall–Kier alpha value is -2.74. The first-order valence-corrected chi connectivity index (χ1v) is 10.2. The first-order valence-electron chi connectivity index (χ1n) is 8.84. The lowest BCUT2D eigenvalue weighted by Crippen LogP contribution is -2.27. The summed E-state index contributed by atoms with van der Waals surface area (Å²) in [6.45, 7) is 1.94. The van der Waals surface area contributed by atoms with Crippen LogP contribution in [0.15, 0.2) is 77.7 Å². The van der Waals surface area contributed by atoms with Crippen molar-refractivity contribution >= 4 is 29.3 Å². The van der Waals surface area contributed by atoms with Crippen LogP contribution in [0.25, 0.3) is 0 Å². The highest BCUT2D eigenvalue weighted by Crippen LogP contribution is 2.27. The fourth-order valence-electron chi connectivity index (χ4n) is 2.75. The average molecular weight is 407 g/mol. The van der Waals surface area contributed by atoms with Gasteiger partial charge in [-0.3, -0.25) is 4.79 Å². The first kappa shape index (κ1) is 20.0. The topological polar surface area (TPSA) is 52.9 Å². The summed E-state index contributed by atoms with van der Waals surface area (Å²) in [7, 11) is 0. The molecule has 3 aromatic rings. The molecular weight excluding hydrogens is 388 g/mol. The van der Waals surface area contributed by atoms with E-state index in [0.29, 0.717) is 16.1 Å². The van der Waals surface area contributed by atoms with Gasteiger partial charge in [-0.05, 0) is 54.4 Å². The Balaban J connectivity index is 1.70. The van der Waals surface area contributed by atoms with Gasteiger partial charge in [0, 0.05) is 15.7 Å². The smallest absolute Gasteiger partial charge is 0.252 e. The minimum Gasteiger partial charge on any atom is -0.345 e. The van der Waals surface area contributed by atoms with Crippen LogP contribution < -0.4 is 5.32 Å². The van der Waals surface area contributed by atoms with Gasteiger partial charge in [0.25, 0.3) is 5.91 Å². The quantitative estimate of drug-likeness (QED) is 0.511. The highest BCUT2D eigenvalue weighted by atomic mass is 35.5. The van der Waals surface area contributed by atoms with Gasteiger partial charge in [0.2, 0.25) is 0 Å². The van der Waals surface area contributed by atoms with Gasteiger partial charge in [0.05, 0.1) is 23.2 Å². The van der Waals surface area contributed by atoms with Crippen LogP contribution >= 0.6 is 23.4 Å². The molecule has 0 saturated heterocycles. The van der Waals surface area contributed by atoms with Gasteiger partial charge in [-0.15, -0.1) is 11.8 Å². The lowest BCUT2D eigenvalue weighted by atomic mass is 10.1. The number of nitriles is 1. The van der Waals surface area contributed by atoms with Crippen LogP contribution in [0.5, 0.6) is 0 Å². The third-order valence-electron chi connectivity index (χ3n) is 4.31. The van der Waals surface area contributed by atoms with E-state index in [4.69, 9.17) is 16.9 Å². The molecular formula is C23H19ClN2OS. The Morgan fingerprint density at radius 2 is 1.86 bits per heavy atom. The number of carbonyl (C=O) groups is 1. The lowest BCUT2D eigenvalue weighted by molar-refractivity contribution is 0.0937. The van der Waals surface area contributed by atoms with Gasteiger partial charge < -0.3 is 5.32 Å². The molecule has 0 radical (unpaired) electrons. The predicted octanol–water partition coefficient (Wildman–Crippen LogP) is 5.99. The molecule has 1 amide bonds. The van der Waals surface area contributed by atoms with Crippen LogP contribution in [-0.4, -0.2) is 5.91 Å². The zero-order valence-corrected chi connectivity index (χ0v) is 16.9. The largest absolute Gasteiger partial charge is 0.345 e. The zero-order chi connectivity index (χ0) is 19.9. The van der Waals surface area contributed by atoms with Crippen molar-refractivity contribution in [2.45, 2.75) is 23.6 Å². The number of hydrogen-bond acceptors (Lipinski definition) is 3. The van der Waals surface area contributed by atoms with Crippen molar-refractivity contribution in [2.24, 2.45) is 0 Å². The summed E-state index contributed by atoms with van der Waals surface area (Å²) < 4.78 is 0. The number of hydrogen-bond donors (Lipinski definition) is 1. The standard InChI is InChI=1S/C23H19ClN2OS/c1-16(19-5-4-6-20(24)13-19)26-23(27)21-7-2-3-8-22(21)28-15-18-11-9-17(14-25)10-12-18/h2-13,16H,15H2,1H3,(H,26,27). The van der Waals surface area contributed by atoms with Crippen molar-refractivity contribution in [3.05, 3.63) is 100 Å². The van der Waals surface area contributed by atoms with Crippen molar-refractivity contribution in [3.63, 3.8) is 0 Å². The Labute approximate surface area is 174 Å². The minimum atomic E-state index is -0.150. The number of nitrogens with one attached hydrogen (secondary N) is 1. The van der Waals surface area contributed by atoms with Crippen LogP contribution in [0.1, 0.15) is 40.0 Å². The number of nitrogens with zero attached hydrogens (tertiary/aromatic N) is 1. The Bertz CT molecular complexity index is 1010. The van der Waals surface area contributed by atoms with Crippen molar-refractivity contribution in [2.75, 3.05) is 0 Å². The SMILES string of the molecule is CC(NC(=O)c1ccccc1SCc1ccc(C#N)cc1)c1cccc(Cl)c1. The van der Waals surface area contributed by atoms with E-state index in [1.165, 1.54) is 0 Å². The molecule has 140 valence electrons. The number of rotatable bonds is 6. The van der Waals surface area contributed by atoms with Crippen LogP contribution in [0.2, 0.25) is 5.02 Å². The second-order valence-corrected chi connectivity index (χ2v) is 7.80. The molecule has 0 fully saturated rings. The highest BCUT2D eigenvalue weighted by Gasteiger charge is 2.15. The van der Waals surface area contributed by atoms with E-state index >= 15 is 0 Å². The average Bonchev–Trinajstić information content (AvgIpc) is 2.72. The Kier molecular flexibility index (Phi) is 6.76.